The molecule has 0 saturated heterocycles. The largest absolute Gasteiger partial charge is 0.456 e. The standard InChI is InChI=1S/C96H58N4O2/c1-7-19-85-73(13-1)74-14-2-8-20-86(74)97(85)69-43-33-63(34-44-69)59-25-27-61(28-26-59)65-37-47-71(48-38-65)99-90-56-68(41-51-78(90)82-58-94-84(57-91(82)99)79-18-6-12-24-92(79)101-94)67-42-54-93-83(55-67)81-53-52-80-77-17-5-11-23-89(77)100(95(80)96(81)102-93)72-49-39-66(40-50-72)62-31-29-60(30-32-62)64-35-45-70(46-36-64)98-87-21-9-3-15-75(87)76-16-4-10-22-88(76)98/h1-58H. The maximum absolute atomic E-state index is 7.06. The highest BCUT2D eigenvalue weighted by molar-refractivity contribution is 6.23. The Morgan fingerprint density at radius 3 is 0.931 bits per heavy atom. The van der Waals surface area contributed by atoms with Crippen LogP contribution in [0.25, 0.3) is 209 Å². The van der Waals surface area contributed by atoms with Gasteiger partial charge in [0.2, 0.25) is 0 Å². The molecule has 22 aromatic rings. The van der Waals surface area contributed by atoms with Crippen molar-refractivity contribution >= 4 is 131 Å². The zero-order valence-corrected chi connectivity index (χ0v) is 55.1. The first-order valence-electron chi connectivity index (χ1n) is 34.9. The molecule has 16 aromatic carbocycles. The summed E-state index contributed by atoms with van der Waals surface area (Å²) in [4.78, 5) is 0. The van der Waals surface area contributed by atoms with Crippen molar-refractivity contribution in [2.24, 2.45) is 0 Å². The number of aromatic nitrogens is 4. The van der Waals surface area contributed by atoms with E-state index < -0.39 is 0 Å². The lowest BCUT2D eigenvalue weighted by atomic mass is 10.00. The van der Waals surface area contributed by atoms with E-state index in [0.29, 0.717) is 0 Å². The lowest BCUT2D eigenvalue weighted by molar-refractivity contribution is 0.669. The highest BCUT2D eigenvalue weighted by Gasteiger charge is 2.23. The fraction of sp³-hybridized carbons (Fsp3) is 0. The van der Waals surface area contributed by atoms with Crippen molar-refractivity contribution < 1.29 is 8.83 Å². The highest BCUT2D eigenvalue weighted by Crippen LogP contribution is 2.45. The van der Waals surface area contributed by atoms with Crippen LogP contribution in [0.2, 0.25) is 0 Å². The van der Waals surface area contributed by atoms with Crippen molar-refractivity contribution in [1.82, 2.24) is 18.3 Å². The molecule has 6 aromatic heterocycles. The van der Waals surface area contributed by atoms with E-state index in [0.717, 1.165) is 138 Å². The molecule has 0 unspecified atom stereocenters. The summed E-state index contributed by atoms with van der Waals surface area (Å²) in [7, 11) is 0. The van der Waals surface area contributed by atoms with E-state index in [1.165, 1.54) is 71.3 Å². The third kappa shape index (κ3) is 8.54. The summed E-state index contributed by atoms with van der Waals surface area (Å²) in [6.45, 7) is 0. The van der Waals surface area contributed by atoms with E-state index in [1.807, 2.05) is 6.07 Å². The molecule has 6 heterocycles. The second-order valence-corrected chi connectivity index (χ2v) is 27.1. The Labute approximate surface area is 584 Å². The van der Waals surface area contributed by atoms with Gasteiger partial charge in [-0.1, -0.05) is 231 Å². The van der Waals surface area contributed by atoms with E-state index in [4.69, 9.17) is 8.83 Å². The number of para-hydroxylation sites is 6. The Morgan fingerprint density at radius 1 is 0.157 bits per heavy atom. The summed E-state index contributed by atoms with van der Waals surface area (Å²) in [5, 5.41) is 14.0. The number of hydrogen-bond acceptors (Lipinski definition) is 2. The minimum absolute atomic E-state index is 0.848. The van der Waals surface area contributed by atoms with Gasteiger partial charge in [0.05, 0.1) is 44.1 Å². The number of hydrogen-bond donors (Lipinski definition) is 0. The van der Waals surface area contributed by atoms with Crippen molar-refractivity contribution in [3.63, 3.8) is 0 Å². The van der Waals surface area contributed by atoms with Crippen molar-refractivity contribution in [1.29, 1.82) is 0 Å². The third-order valence-electron chi connectivity index (χ3n) is 21.6. The molecule has 0 radical (unpaired) electrons. The van der Waals surface area contributed by atoms with Crippen LogP contribution in [-0.2, 0) is 0 Å². The Bertz CT molecular complexity index is 7070. The molecule has 0 fully saturated rings. The zero-order valence-electron chi connectivity index (χ0n) is 55.1. The summed E-state index contributed by atoms with van der Waals surface area (Å²) >= 11 is 0. The Kier molecular flexibility index (Phi) is 12.1. The van der Waals surface area contributed by atoms with Crippen LogP contribution < -0.4 is 0 Å². The van der Waals surface area contributed by atoms with Crippen LogP contribution in [0.1, 0.15) is 0 Å². The van der Waals surface area contributed by atoms with E-state index in [2.05, 4.69) is 364 Å². The summed E-state index contributed by atoms with van der Waals surface area (Å²) in [5.74, 6) is 0. The number of benzene rings is 16. The van der Waals surface area contributed by atoms with Gasteiger partial charge in [0.15, 0.2) is 5.58 Å². The lowest BCUT2D eigenvalue weighted by Crippen LogP contribution is -1.94. The molecule has 0 N–H and O–H groups in total. The average molecular weight is 1300 g/mol. The van der Waals surface area contributed by atoms with Crippen LogP contribution in [0.3, 0.4) is 0 Å². The minimum atomic E-state index is 0.848. The Balaban J connectivity index is 0.586. The minimum Gasteiger partial charge on any atom is -0.456 e. The van der Waals surface area contributed by atoms with Gasteiger partial charge in [-0.05, 0) is 177 Å². The maximum Gasteiger partial charge on any atom is 0.160 e. The van der Waals surface area contributed by atoms with Crippen LogP contribution in [0.15, 0.2) is 361 Å². The van der Waals surface area contributed by atoms with Crippen molar-refractivity contribution in [2.75, 3.05) is 0 Å². The molecule has 0 spiro atoms. The van der Waals surface area contributed by atoms with Gasteiger partial charge in [-0.3, -0.25) is 0 Å². The van der Waals surface area contributed by atoms with Crippen LogP contribution in [0.5, 0.6) is 0 Å². The zero-order chi connectivity index (χ0) is 66.7. The summed E-state index contributed by atoms with van der Waals surface area (Å²) in [5.41, 5.74) is 28.8. The predicted octanol–water partition coefficient (Wildman–Crippen LogP) is 26.2. The molecule has 6 nitrogen and oxygen atoms in total. The summed E-state index contributed by atoms with van der Waals surface area (Å²) in [6, 6.07) is 128. The first kappa shape index (κ1) is 56.3. The monoisotopic (exact) mass is 1300 g/mol. The quantitative estimate of drug-likeness (QED) is 0.145. The number of nitrogens with zero attached hydrogens (tertiary/aromatic N) is 4. The molecule has 0 amide bonds. The molecule has 0 aliphatic carbocycles. The first-order valence-corrected chi connectivity index (χ1v) is 34.9. The molecular formula is C96H58N4O2. The SMILES string of the molecule is c1ccc2c(c1)oc1cc3c4ccc(-c5ccc6oc7c(ccc8c9ccccc9n(-c9ccc(-c%10ccc(-c%11ccc(-n%12c%13ccccc%13c%13ccccc%13%12)cc%11)cc%10)cc9)c87)c6c5)cc4n(-c4ccc(-c5ccc(-c6ccc(-n7c8ccccc8c8ccccc87)cc6)cc5)cc4)c3cc12. The lowest BCUT2D eigenvalue weighted by Gasteiger charge is -2.11. The van der Waals surface area contributed by atoms with Gasteiger partial charge in [0.1, 0.15) is 16.7 Å². The molecule has 102 heavy (non-hydrogen) atoms. The molecule has 0 bridgehead atoms. The van der Waals surface area contributed by atoms with Gasteiger partial charge in [0, 0.05) is 87.4 Å². The fourth-order valence-corrected chi connectivity index (χ4v) is 16.7. The van der Waals surface area contributed by atoms with Crippen LogP contribution in [-0.4, -0.2) is 18.3 Å². The third-order valence-corrected chi connectivity index (χ3v) is 21.6. The Hall–Kier alpha value is -13.7. The normalized spacial score (nSPS) is 12.1. The molecule has 0 aliphatic rings. The van der Waals surface area contributed by atoms with Gasteiger partial charge in [0.25, 0.3) is 0 Å². The van der Waals surface area contributed by atoms with Gasteiger partial charge < -0.3 is 27.1 Å². The summed E-state index contributed by atoms with van der Waals surface area (Å²) in [6.07, 6.45) is 0. The molecule has 474 valence electrons. The maximum atomic E-state index is 7.06. The smallest absolute Gasteiger partial charge is 0.160 e. The molecule has 0 aliphatic heterocycles. The van der Waals surface area contributed by atoms with Crippen molar-refractivity contribution in [2.45, 2.75) is 0 Å². The first-order chi connectivity index (χ1) is 50.5. The van der Waals surface area contributed by atoms with Crippen LogP contribution >= 0.6 is 0 Å². The van der Waals surface area contributed by atoms with Gasteiger partial charge in [-0.25, -0.2) is 0 Å². The number of rotatable bonds is 9. The number of furan rings is 2. The molecule has 0 atom stereocenters. The molecule has 0 saturated carbocycles. The number of fused-ring (bicyclic) bond motifs is 19. The molecule has 22 rings (SSSR count). The van der Waals surface area contributed by atoms with Crippen LogP contribution in [0.4, 0.5) is 0 Å². The van der Waals surface area contributed by atoms with E-state index in [1.54, 1.807) is 0 Å². The van der Waals surface area contributed by atoms with Crippen LogP contribution in [0, 0.1) is 0 Å². The highest BCUT2D eigenvalue weighted by atomic mass is 16.3. The van der Waals surface area contributed by atoms with Gasteiger partial charge in [-0.15, -0.1) is 0 Å². The Morgan fingerprint density at radius 2 is 0.461 bits per heavy atom. The van der Waals surface area contributed by atoms with E-state index in [-0.39, 0.29) is 0 Å². The average Bonchev–Trinajstić information content (AvgIpc) is 1.57. The van der Waals surface area contributed by atoms with Gasteiger partial charge >= 0.3 is 0 Å². The van der Waals surface area contributed by atoms with E-state index in [9.17, 15) is 0 Å². The van der Waals surface area contributed by atoms with E-state index >= 15 is 0 Å². The summed E-state index contributed by atoms with van der Waals surface area (Å²) < 4.78 is 23.2. The second-order valence-electron chi connectivity index (χ2n) is 27.1. The predicted molar refractivity (Wildman–Crippen MR) is 426 cm³/mol. The van der Waals surface area contributed by atoms with Gasteiger partial charge in [-0.2, -0.15) is 0 Å². The topological polar surface area (TPSA) is 46.0 Å². The second kappa shape index (κ2) is 21.9. The molecule has 6 heteroatoms. The molecular weight excluding hydrogens is 1240 g/mol. The fourth-order valence-electron chi connectivity index (χ4n) is 16.7. The van der Waals surface area contributed by atoms with Crippen molar-refractivity contribution in [3.8, 4) is 78.4 Å². The van der Waals surface area contributed by atoms with Crippen molar-refractivity contribution in [3.05, 3.63) is 352 Å².